The first kappa shape index (κ1) is 29.6. The number of hydrogen-bond acceptors (Lipinski definition) is 0. The predicted molar refractivity (Wildman–Crippen MR) is 223 cm³/mol. The van der Waals surface area contributed by atoms with Gasteiger partial charge >= 0.3 is 0 Å². The molecule has 11 rings (SSSR count). The lowest BCUT2D eigenvalue weighted by molar-refractivity contribution is 1.12. The Balaban J connectivity index is 1.17. The van der Waals surface area contributed by atoms with Crippen LogP contribution in [0.1, 0.15) is 0 Å². The summed E-state index contributed by atoms with van der Waals surface area (Å²) in [4.78, 5) is 0. The van der Waals surface area contributed by atoms with Gasteiger partial charge in [-0.3, -0.25) is 0 Å². The van der Waals surface area contributed by atoms with E-state index in [1.54, 1.807) is 0 Å². The van der Waals surface area contributed by atoms with Gasteiger partial charge < -0.3 is 13.7 Å². The van der Waals surface area contributed by atoms with Crippen LogP contribution in [-0.2, 0) is 0 Å². The van der Waals surface area contributed by atoms with Crippen molar-refractivity contribution in [1.29, 1.82) is 0 Å². The van der Waals surface area contributed by atoms with Gasteiger partial charge in [0.25, 0.3) is 0 Å². The number of nitrogens with zero attached hydrogens (tertiary/aromatic N) is 3. The van der Waals surface area contributed by atoms with Crippen molar-refractivity contribution in [2.24, 2.45) is 0 Å². The lowest BCUT2D eigenvalue weighted by Crippen LogP contribution is -2.00. The summed E-state index contributed by atoms with van der Waals surface area (Å²) in [5.41, 5.74) is 14.2. The quantitative estimate of drug-likeness (QED) is 0.172. The van der Waals surface area contributed by atoms with Gasteiger partial charge in [-0.1, -0.05) is 140 Å². The first-order chi connectivity index (χ1) is 26.3. The minimum Gasteiger partial charge on any atom is -0.309 e. The molecule has 11 aromatic rings. The summed E-state index contributed by atoms with van der Waals surface area (Å²) in [6, 6.07) is 72.6. The van der Waals surface area contributed by atoms with Crippen molar-refractivity contribution in [3.63, 3.8) is 0 Å². The van der Waals surface area contributed by atoms with Crippen LogP contribution >= 0.6 is 0 Å². The van der Waals surface area contributed by atoms with Crippen LogP contribution in [0, 0.1) is 0 Å². The maximum absolute atomic E-state index is 2.46. The van der Waals surface area contributed by atoms with Crippen molar-refractivity contribution in [2.45, 2.75) is 0 Å². The van der Waals surface area contributed by atoms with Crippen LogP contribution in [0.3, 0.4) is 0 Å². The Morgan fingerprint density at radius 3 is 1.47 bits per heavy atom. The van der Waals surface area contributed by atoms with Crippen LogP contribution in [0.5, 0.6) is 0 Å². The molecule has 248 valence electrons. The van der Waals surface area contributed by atoms with Crippen LogP contribution in [-0.4, -0.2) is 13.7 Å². The third kappa shape index (κ3) is 4.54. The number of rotatable bonds is 5. The Hall–Kier alpha value is -7.10. The number of para-hydroxylation sites is 3. The second-order valence-corrected chi connectivity index (χ2v) is 13.8. The van der Waals surface area contributed by atoms with Gasteiger partial charge in [0.1, 0.15) is 0 Å². The first-order valence-electron chi connectivity index (χ1n) is 18.2. The predicted octanol–water partition coefficient (Wildman–Crippen LogP) is 13.2. The van der Waals surface area contributed by atoms with E-state index in [-0.39, 0.29) is 0 Å². The van der Waals surface area contributed by atoms with E-state index in [9.17, 15) is 0 Å². The van der Waals surface area contributed by atoms with Crippen molar-refractivity contribution in [3.8, 4) is 39.4 Å². The molecule has 0 N–H and O–H groups in total. The first-order valence-corrected chi connectivity index (χ1v) is 18.2. The highest BCUT2D eigenvalue weighted by Crippen LogP contribution is 2.41. The van der Waals surface area contributed by atoms with Crippen LogP contribution < -0.4 is 0 Å². The monoisotopic (exact) mass is 675 g/mol. The Labute approximate surface area is 306 Å². The van der Waals surface area contributed by atoms with E-state index in [1.807, 2.05) is 0 Å². The van der Waals surface area contributed by atoms with Gasteiger partial charge in [-0.25, -0.2) is 0 Å². The van der Waals surface area contributed by atoms with Gasteiger partial charge in [-0.2, -0.15) is 0 Å². The molecule has 0 radical (unpaired) electrons. The highest BCUT2D eigenvalue weighted by Gasteiger charge is 2.21. The minimum absolute atomic E-state index is 1.13. The summed E-state index contributed by atoms with van der Waals surface area (Å²) >= 11 is 0. The van der Waals surface area contributed by atoms with Gasteiger partial charge in [-0.15, -0.1) is 0 Å². The molecule has 0 aliphatic rings. The molecule has 0 saturated heterocycles. The molecule has 0 atom stereocenters. The lowest BCUT2D eigenvalue weighted by atomic mass is 10.0. The van der Waals surface area contributed by atoms with E-state index < -0.39 is 0 Å². The highest BCUT2D eigenvalue weighted by atomic mass is 15.1. The average Bonchev–Trinajstić information content (AvgIpc) is 3.90. The standard InChI is InChI=1S/C50H33N3/c1-4-14-34(15-5-1)36-24-30-43-41-20-10-12-22-45(41)51(48(43)32-36)39-26-28-40(29-27-39)52-46-23-13-11-21-42(46)44-31-25-37-33-47(35-16-6-2-7-17-35)53(49(37)50(44)52)38-18-8-3-9-19-38/h1-33H. The summed E-state index contributed by atoms with van der Waals surface area (Å²) in [5.74, 6) is 0. The SMILES string of the molecule is c1ccc(-c2ccc3c4ccccc4n(-c4ccc(-n5c6ccccc6c6ccc7cc(-c8ccccc8)n(-c8ccccc8)c7c65)cc4)c3c2)cc1. The number of fused-ring (bicyclic) bond motifs is 8. The Kier molecular flexibility index (Phi) is 6.55. The van der Waals surface area contributed by atoms with Gasteiger partial charge in [-0.05, 0) is 77.4 Å². The Bertz CT molecular complexity index is 3130. The molecule has 0 spiro atoms. The Morgan fingerprint density at radius 1 is 0.264 bits per heavy atom. The van der Waals surface area contributed by atoms with Gasteiger partial charge in [0, 0.05) is 44.0 Å². The summed E-state index contributed by atoms with van der Waals surface area (Å²) in [7, 11) is 0. The number of hydrogen-bond donors (Lipinski definition) is 0. The van der Waals surface area contributed by atoms with Crippen molar-refractivity contribution >= 4 is 54.5 Å². The number of benzene rings is 8. The molecular weight excluding hydrogens is 643 g/mol. The second-order valence-electron chi connectivity index (χ2n) is 13.8. The molecule has 0 fully saturated rings. The molecular formula is C50H33N3. The smallest absolute Gasteiger partial charge is 0.0788 e. The molecule has 0 unspecified atom stereocenters. The molecule has 3 heterocycles. The molecule has 53 heavy (non-hydrogen) atoms. The fraction of sp³-hybridized carbons (Fsp3) is 0. The minimum atomic E-state index is 1.13. The fourth-order valence-electron chi connectivity index (χ4n) is 8.48. The molecule has 3 aromatic heterocycles. The lowest BCUT2D eigenvalue weighted by Gasteiger charge is -2.15. The van der Waals surface area contributed by atoms with Gasteiger partial charge in [0.2, 0.25) is 0 Å². The summed E-state index contributed by atoms with van der Waals surface area (Å²) < 4.78 is 7.32. The largest absolute Gasteiger partial charge is 0.309 e. The molecule has 0 bridgehead atoms. The maximum atomic E-state index is 2.46. The zero-order chi connectivity index (χ0) is 34.9. The third-order valence-electron chi connectivity index (χ3n) is 10.8. The van der Waals surface area contributed by atoms with Crippen LogP contribution in [0.15, 0.2) is 200 Å². The van der Waals surface area contributed by atoms with Crippen molar-refractivity contribution in [1.82, 2.24) is 13.7 Å². The maximum Gasteiger partial charge on any atom is 0.0788 e. The molecule has 3 nitrogen and oxygen atoms in total. The van der Waals surface area contributed by atoms with Crippen LogP contribution in [0.2, 0.25) is 0 Å². The van der Waals surface area contributed by atoms with E-state index in [0.717, 1.165) is 17.1 Å². The Morgan fingerprint density at radius 2 is 0.774 bits per heavy atom. The normalized spacial score (nSPS) is 11.8. The molecule has 8 aromatic carbocycles. The summed E-state index contributed by atoms with van der Waals surface area (Å²) in [6.07, 6.45) is 0. The van der Waals surface area contributed by atoms with E-state index in [0.29, 0.717) is 0 Å². The van der Waals surface area contributed by atoms with E-state index in [4.69, 9.17) is 0 Å². The molecule has 0 amide bonds. The van der Waals surface area contributed by atoms with Crippen molar-refractivity contribution < 1.29 is 0 Å². The van der Waals surface area contributed by atoms with E-state index >= 15 is 0 Å². The third-order valence-corrected chi connectivity index (χ3v) is 10.8. The average molecular weight is 676 g/mol. The topological polar surface area (TPSA) is 14.8 Å². The molecule has 0 aliphatic heterocycles. The highest BCUT2D eigenvalue weighted by molar-refractivity contribution is 6.19. The van der Waals surface area contributed by atoms with Crippen molar-refractivity contribution in [3.05, 3.63) is 200 Å². The molecule has 0 aliphatic carbocycles. The zero-order valence-electron chi connectivity index (χ0n) is 28.9. The van der Waals surface area contributed by atoms with Crippen molar-refractivity contribution in [2.75, 3.05) is 0 Å². The van der Waals surface area contributed by atoms with Crippen LogP contribution in [0.4, 0.5) is 0 Å². The number of aromatic nitrogens is 3. The second kappa shape index (κ2) is 11.7. The van der Waals surface area contributed by atoms with Crippen LogP contribution in [0.25, 0.3) is 94.0 Å². The molecule has 3 heteroatoms. The fourth-order valence-corrected chi connectivity index (χ4v) is 8.48. The summed E-state index contributed by atoms with van der Waals surface area (Å²) in [5, 5.41) is 6.20. The molecule has 0 saturated carbocycles. The van der Waals surface area contributed by atoms with E-state index in [2.05, 4.69) is 214 Å². The van der Waals surface area contributed by atoms with Gasteiger partial charge in [0.05, 0.1) is 33.3 Å². The van der Waals surface area contributed by atoms with E-state index in [1.165, 1.54) is 76.9 Å². The summed E-state index contributed by atoms with van der Waals surface area (Å²) in [6.45, 7) is 0. The van der Waals surface area contributed by atoms with Gasteiger partial charge in [0.15, 0.2) is 0 Å². The zero-order valence-corrected chi connectivity index (χ0v) is 28.9.